The van der Waals surface area contributed by atoms with E-state index in [1.165, 1.54) is 19.1 Å². The molecular weight excluding hydrogens is 471 g/mol. The van der Waals surface area contributed by atoms with E-state index in [4.69, 9.17) is 11.6 Å². The highest BCUT2D eigenvalue weighted by Crippen LogP contribution is 2.33. The van der Waals surface area contributed by atoms with Crippen molar-refractivity contribution in [2.75, 3.05) is 6.61 Å². The van der Waals surface area contributed by atoms with Gasteiger partial charge in [0.15, 0.2) is 0 Å². The first-order valence-corrected chi connectivity index (χ1v) is 11.3. The van der Waals surface area contributed by atoms with Gasteiger partial charge >= 0.3 is 0 Å². The first-order valence-electron chi connectivity index (χ1n) is 10.9. The van der Waals surface area contributed by atoms with Crippen molar-refractivity contribution in [3.05, 3.63) is 95.0 Å². The largest absolute Gasteiger partial charge is 0.393 e. The summed E-state index contributed by atoms with van der Waals surface area (Å²) in [6.45, 7) is 0.887. The van der Waals surface area contributed by atoms with Crippen molar-refractivity contribution in [3.63, 3.8) is 0 Å². The van der Waals surface area contributed by atoms with Gasteiger partial charge < -0.3 is 15.5 Å². The molecule has 0 fully saturated rings. The Balaban J connectivity index is 1.66. The lowest BCUT2D eigenvalue weighted by Crippen LogP contribution is -2.54. The fraction of sp³-hybridized carbons (Fsp3) is 0.192. The molecule has 180 valence electrons. The highest BCUT2D eigenvalue weighted by atomic mass is 35.5. The Bertz CT molecular complexity index is 1310. The number of hydrogen-bond acceptors (Lipinski definition) is 5. The molecule has 0 radical (unpaired) electrons. The summed E-state index contributed by atoms with van der Waals surface area (Å²) in [6.07, 6.45) is 1.82. The van der Waals surface area contributed by atoms with Gasteiger partial charge in [-0.3, -0.25) is 14.9 Å². The third kappa shape index (κ3) is 5.57. The number of aliphatic hydroxyl groups excluding tert-OH is 1. The highest BCUT2D eigenvalue weighted by Gasteiger charge is 2.34. The number of amides is 1. The second kappa shape index (κ2) is 10.4. The highest BCUT2D eigenvalue weighted by molar-refractivity contribution is 6.34. The molecule has 2 atom stereocenters. The number of aliphatic hydroxyl groups is 2. The summed E-state index contributed by atoms with van der Waals surface area (Å²) in [6, 6.07) is 17.0. The van der Waals surface area contributed by atoms with Crippen LogP contribution in [0.3, 0.4) is 0 Å². The molecule has 0 unspecified atom stereocenters. The van der Waals surface area contributed by atoms with Gasteiger partial charge in [-0.1, -0.05) is 23.7 Å². The van der Waals surface area contributed by atoms with E-state index in [2.05, 4.69) is 20.5 Å². The van der Waals surface area contributed by atoms with Crippen LogP contribution in [0, 0.1) is 5.82 Å². The average molecular weight is 495 g/mol. The number of rotatable bonds is 8. The summed E-state index contributed by atoms with van der Waals surface area (Å²) in [5, 5.41) is 30.9. The summed E-state index contributed by atoms with van der Waals surface area (Å²) in [5.41, 5.74) is 1.48. The topological polar surface area (TPSA) is 111 Å². The van der Waals surface area contributed by atoms with E-state index in [1.807, 2.05) is 0 Å². The molecule has 0 saturated heterocycles. The van der Waals surface area contributed by atoms with Gasteiger partial charge in [0.05, 0.1) is 34.6 Å². The molecule has 0 spiro atoms. The van der Waals surface area contributed by atoms with E-state index in [9.17, 15) is 19.4 Å². The summed E-state index contributed by atoms with van der Waals surface area (Å²) < 4.78 is 13.3. The van der Waals surface area contributed by atoms with Gasteiger partial charge in [0.1, 0.15) is 11.4 Å². The number of carbonyl (C=O) groups is 1. The molecule has 2 aromatic heterocycles. The molecule has 0 saturated carbocycles. The Hall–Kier alpha value is -3.59. The molecule has 1 amide bonds. The molecule has 4 aromatic rings. The number of nitrogens with zero attached hydrogens (tertiary/aromatic N) is 2. The minimum atomic E-state index is -1.60. The van der Waals surface area contributed by atoms with E-state index in [-0.39, 0.29) is 17.8 Å². The average Bonchev–Trinajstić information content (AvgIpc) is 3.34. The number of carbonyl (C=O) groups excluding carboxylic acids is 1. The van der Waals surface area contributed by atoms with Gasteiger partial charge in [0.25, 0.3) is 5.91 Å². The summed E-state index contributed by atoms with van der Waals surface area (Å²) in [7, 11) is 0. The first kappa shape index (κ1) is 24.5. The van der Waals surface area contributed by atoms with Crippen molar-refractivity contribution in [3.8, 4) is 22.5 Å². The summed E-state index contributed by atoms with van der Waals surface area (Å²) in [4.78, 5) is 17.7. The van der Waals surface area contributed by atoms with Crippen LogP contribution < -0.4 is 5.32 Å². The van der Waals surface area contributed by atoms with Crippen LogP contribution in [0.25, 0.3) is 22.5 Å². The van der Waals surface area contributed by atoms with Gasteiger partial charge in [-0.25, -0.2) is 4.39 Å². The Morgan fingerprint density at radius 2 is 1.94 bits per heavy atom. The number of pyridine rings is 1. The van der Waals surface area contributed by atoms with Crippen molar-refractivity contribution in [2.45, 2.75) is 25.0 Å². The lowest BCUT2D eigenvalue weighted by Gasteiger charge is -2.32. The van der Waals surface area contributed by atoms with Crippen molar-refractivity contribution in [1.82, 2.24) is 20.5 Å². The number of nitrogens with one attached hydrogen (secondary N) is 2. The maximum atomic E-state index is 13.4. The molecule has 0 bridgehead atoms. The monoisotopic (exact) mass is 494 g/mol. The van der Waals surface area contributed by atoms with Crippen LogP contribution in [0.15, 0.2) is 72.9 Å². The predicted octanol–water partition coefficient (Wildman–Crippen LogP) is 4.02. The molecule has 0 aliphatic heterocycles. The molecule has 0 aliphatic carbocycles. The smallest absolute Gasteiger partial charge is 0.252 e. The second-order valence-electron chi connectivity index (χ2n) is 8.40. The van der Waals surface area contributed by atoms with Crippen molar-refractivity contribution in [1.29, 1.82) is 0 Å². The number of H-pyrrole nitrogens is 1. The molecule has 0 aliphatic rings. The summed E-state index contributed by atoms with van der Waals surface area (Å²) >= 11 is 6.49. The predicted molar refractivity (Wildman–Crippen MR) is 131 cm³/mol. The fourth-order valence-electron chi connectivity index (χ4n) is 3.71. The van der Waals surface area contributed by atoms with Crippen LogP contribution in [0.1, 0.15) is 23.0 Å². The van der Waals surface area contributed by atoms with Crippen LogP contribution in [-0.2, 0) is 6.42 Å². The molecule has 35 heavy (non-hydrogen) atoms. The minimum Gasteiger partial charge on any atom is -0.393 e. The maximum absolute atomic E-state index is 13.4. The lowest BCUT2D eigenvalue weighted by atomic mass is 9.92. The van der Waals surface area contributed by atoms with Crippen molar-refractivity contribution in [2.24, 2.45) is 0 Å². The molecule has 9 heteroatoms. The van der Waals surface area contributed by atoms with E-state index >= 15 is 0 Å². The molecule has 2 aromatic carbocycles. The third-order valence-electron chi connectivity index (χ3n) is 5.76. The zero-order valence-electron chi connectivity index (χ0n) is 18.9. The van der Waals surface area contributed by atoms with Crippen molar-refractivity contribution >= 4 is 17.5 Å². The molecule has 2 heterocycles. The van der Waals surface area contributed by atoms with E-state index in [1.54, 1.807) is 60.8 Å². The lowest BCUT2D eigenvalue weighted by molar-refractivity contribution is -0.0277. The second-order valence-corrected chi connectivity index (χ2v) is 8.81. The van der Waals surface area contributed by atoms with Gasteiger partial charge in [-0.15, -0.1) is 0 Å². The third-order valence-corrected chi connectivity index (χ3v) is 6.08. The zero-order valence-corrected chi connectivity index (χ0v) is 19.6. The normalized spacial score (nSPS) is 13.7. The molecule has 7 nitrogen and oxygen atoms in total. The van der Waals surface area contributed by atoms with E-state index < -0.39 is 24.2 Å². The van der Waals surface area contributed by atoms with Crippen LogP contribution in [-0.4, -0.2) is 49.6 Å². The molecular formula is C26H24ClFN4O3. The van der Waals surface area contributed by atoms with Crippen LogP contribution in [0.5, 0.6) is 0 Å². The SMILES string of the molecule is C[C@@](O)(CO)[C@@H](Cc1ccccn1)NC(=O)c1cccc(Cl)c1-c1cc(-c2ccc(F)cc2)n[nH]1. The van der Waals surface area contributed by atoms with Crippen LogP contribution in [0.4, 0.5) is 4.39 Å². The molecule has 4 rings (SSSR count). The van der Waals surface area contributed by atoms with Crippen LogP contribution >= 0.6 is 11.6 Å². The quantitative estimate of drug-likeness (QED) is 0.296. The van der Waals surface area contributed by atoms with Crippen LogP contribution in [0.2, 0.25) is 5.02 Å². The Labute approximate surface area is 206 Å². The zero-order chi connectivity index (χ0) is 25.0. The van der Waals surface area contributed by atoms with Gasteiger partial charge in [0.2, 0.25) is 0 Å². The standard InChI is InChI=1S/C26H24ClFN4O3/c1-26(35,15-33)23(13-18-5-2-3-12-29-18)30-25(34)19-6-4-7-20(27)24(19)22-14-21(31-32-22)16-8-10-17(28)11-9-16/h2-12,14,23,33,35H,13,15H2,1H3,(H,30,34)(H,31,32)/t23-,26-/m1/s1. The van der Waals surface area contributed by atoms with E-state index in [0.29, 0.717) is 33.2 Å². The number of hydrogen-bond donors (Lipinski definition) is 4. The Kier molecular flexibility index (Phi) is 7.25. The number of aromatic amines is 1. The number of benzene rings is 2. The number of halogens is 2. The fourth-order valence-corrected chi connectivity index (χ4v) is 3.98. The summed E-state index contributed by atoms with van der Waals surface area (Å²) in [5.74, 6) is -0.844. The van der Waals surface area contributed by atoms with E-state index in [0.717, 1.165) is 0 Å². The Morgan fingerprint density at radius 1 is 1.17 bits per heavy atom. The van der Waals surface area contributed by atoms with Gasteiger partial charge in [-0.2, -0.15) is 5.10 Å². The van der Waals surface area contributed by atoms with Crippen molar-refractivity contribution < 1.29 is 19.4 Å². The first-order chi connectivity index (χ1) is 16.8. The minimum absolute atomic E-state index is 0.203. The molecule has 4 N–H and O–H groups in total. The Morgan fingerprint density at radius 3 is 2.63 bits per heavy atom. The maximum Gasteiger partial charge on any atom is 0.252 e. The van der Waals surface area contributed by atoms with Gasteiger partial charge in [0, 0.05) is 29.4 Å². The van der Waals surface area contributed by atoms with Gasteiger partial charge in [-0.05, 0) is 61.5 Å². The number of aromatic nitrogens is 3.